The highest BCUT2D eigenvalue weighted by atomic mass is 32.1. The molecule has 1 aliphatic heterocycles. The molecule has 0 spiro atoms. The first kappa shape index (κ1) is 15.4. The van der Waals surface area contributed by atoms with Crippen molar-refractivity contribution in [2.45, 2.75) is 37.9 Å². The van der Waals surface area contributed by atoms with Gasteiger partial charge in [-0.05, 0) is 12.8 Å². The minimum Gasteiger partial charge on any atom is -0.480 e. The zero-order valence-electron chi connectivity index (χ0n) is 10.3. The molecule has 0 aromatic rings. The number of nitroso groups, excluding NO2 is 1. The molecule has 0 radical (unpaired) electrons. The normalized spacial score (nSPS) is 23.8. The van der Waals surface area contributed by atoms with Gasteiger partial charge < -0.3 is 10.0 Å². The fourth-order valence-electron chi connectivity index (χ4n) is 2.26. The third kappa shape index (κ3) is 3.22. The molecule has 0 bridgehead atoms. The number of carbonyl (C=O) groups is 3. The van der Waals surface area contributed by atoms with E-state index in [1.54, 1.807) is 0 Å². The number of likely N-dealkylation sites (tertiary alicyclic amines) is 1. The maximum Gasteiger partial charge on any atom is 0.326 e. The summed E-state index contributed by atoms with van der Waals surface area (Å²) in [5.41, 5.74) is 2.07. The van der Waals surface area contributed by atoms with E-state index < -0.39 is 35.8 Å². The number of amides is 1. The van der Waals surface area contributed by atoms with Crippen LogP contribution in [0.25, 0.3) is 0 Å². The maximum absolute atomic E-state index is 12.2. The van der Waals surface area contributed by atoms with Crippen molar-refractivity contribution in [3.8, 4) is 0 Å². The van der Waals surface area contributed by atoms with Gasteiger partial charge in [0.05, 0.1) is 11.3 Å². The molecule has 9 heteroatoms. The monoisotopic (exact) mass is 289 g/mol. The number of Topliss-reactive ketones (excluding diaryl/α,β-unsaturated/α-hetero) is 1. The van der Waals surface area contributed by atoms with Gasteiger partial charge in [0.15, 0.2) is 5.78 Å². The van der Waals surface area contributed by atoms with E-state index in [0.29, 0.717) is 0 Å². The van der Waals surface area contributed by atoms with E-state index in [9.17, 15) is 19.3 Å². The van der Waals surface area contributed by atoms with E-state index in [4.69, 9.17) is 5.11 Å². The van der Waals surface area contributed by atoms with Crippen molar-refractivity contribution in [2.75, 3.05) is 5.75 Å². The van der Waals surface area contributed by atoms with Crippen LogP contribution in [0.15, 0.2) is 5.29 Å². The summed E-state index contributed by atoms with van der Waals surface area (Å²) in [5, 5.41) is 11.5. The van der Waals surface area contributed by atoms with E-state index in [-0.39, 0.29) is 18.6 Å². The number of nitrogens with zero attached hydrogens (tertiary/aromatic N) is 2. The second kappa shape index (κ2) is 6.50. The molecule has 2 N–H and O–H groups in total. The quantitative estimate of drug-likeness (QED) is 0.348. The van der Waals surface area contributed by atoms with E-state index in [2.05, 4.69) is 23.3 Å². The third-order valence-corrected chi connectivity index (χ3v) is 3.46. The van der Waals surface area contributed by atoms with Crippen molar-refractivity contribution in [2.24, 2.45) is 5.29 Å². The molecule has 8 nitrogen and oxygen atoms in total. The van der Waals surface area contributed by atoms with Crippen molar-refractivity contribution >= 4 is 30.3 Å². The molecular weight excluding hydrogens is 274 g/mol. The minimum atomic E-state index is -1.14. The fourth-order valence-corrected chi connectivity index (χ4v) is 2.52. The lowest BCUT2D eigenvalue weighted by Crippen LogP contribution is -2.52. The molecule has 0 saturated carbocycles. The van der Waals surface area contributed by atoms with Gasteiger partial charge in [0.2, 0.25) is 5.91 Å². The Bertz CT molecular complexity index is 403. The molecule has 1 fully saturated rings. The molecule has 1 unspecified atom stereocenters. The van der Waals surface area contributed by atoms with E-state index in [1.165, 1.54) is 6.92 Å². The van der Waals surface area contributed by atoms with Gasteiger partial charge in [-0.1, -0.05) is 0 Å². The largest absolute Gasteiger partial charge is 0.480 e. The number of rotatable bonds is 6. The molecule has 1 rings (SSSR count). The highest BCUT2D eigenvalue weighted by Gasteiger charge is 2.44. The van der Waals surface area contributed by atoms with Gasteiger partial charge in [-0.15, -0.1) is 4.91 Å². The van der Waals surface area contributed by atoms with Crippen LogP contribution in [0.5, 0.6) is 0 Å². The molecular formula is C10H15N3O5S. The van der Waals surface area contributed by atoms with Gasteiger partial charge in [-0.25, -0.2) is 4.79 Å². The Morgan fingerprint density at radius 1 is 1.42 bits per heavy atom. The van der Waals surface area contributed by atoms with Crippen LogP contribution in [-0.2, 0) is 14.4 Å². The number of carbonyl (C=O) groups excluding carboxylic acids is 2. The molecule has 0 aromatic carbocycles. The number of aliphatic carboxylic acids is 1. The van der Waals surface area contributed by atoms with Gasteiger partial charge in [-0.3, -0.25) is 15.0 Å². The second-order valence-electron chi connectivity index (χ2n) is 4.23. The lowest BCUT2D eigenvalue weighted by Gasteiger charge is -2.27. The molecule has 0 aliphatic carbocycles. The van der Waals surface area contributed by atoms with Crippen molar-refractivity contribution in [1.82, 2.24) is 10.3 Å². The van der Waals surface area contributed by atoms with E-state index in [1.807, 2.05) is 0 Å². The topological polar surface area (TPSA) is 116 Å². The highest BCUT2D eigenvalue weighted by molar-refractivity contribution is 7.80. The molecule has 0 aromatic heterocycles. The molecule has 3 atom stereocenters. The number of thiol groups is 1. The highest BCUT2D eigenvalue weighted by Crippen LogP contribution is 2.26. The predicted octanol–water partition coefficient (Wildman–Crippen LogP) is -0.411. The maximum atomic E-state index is 12.2. The van der Waals surface area contributed by atoms with E-state index in [0.717, 1.165) is 4.90 Å². The number of carboxylic acid groups (broad SMARTS) is 1. The molecule has 19 heavy (non-hydrogen) atoms. The molecule has 1 heterocycles. The number of ketones is 1. The molecule has 1 amide bonds. The summed E-state index contributed by atoms with van der Waals surface area (Å²) in [4.78, 5) is 45.9. The van der Waals surface area contributed by atoms with Crippen molar-refractivity contribution in [3.63, 3.8) is 0 Å². The predicted molar refractivity (Wildman–Crippen MR) is 68.5 cm³/mol. The summed E-state index contributed by atoms with van der Waals surface area (Å²) in [6.07, 6.45) is 0.458. The van der Waals surface area contributed by atoms with Crippen LogP contribution >= 0.6 is 12.6 Å². The first-order valence-electron chi connectivity index (χ1n) is 5.68. The van der Waals surface area contributed by atoms with Crippen LogP contribution in [0.2, 0.25) is 0 Å². The molecule has 1 aliphatic rings. The summed E-state index contributed by atoms with van der Waals surface area (Å²) in [6.45, 7) is 1.21. The Morgan fingerprint density at radius 3 is 2.42 bits per heavy atom. The lowest BCUT2D eigenvalue weighted by molar-refractivity contribution is -0.150. The smallest absolute Gasteiger partial charge is 0.326 e. The average molecular weight is 289 g/mol. The van der Waals surface area contributed by atoms with Crippen LogP contribution in [0.1, 0.15) is 19.8 Å². The Kier molecular flexibility index (Phi) is 5.28. The summed E-state index contributed by atoms with van der Waals surface area (Å²) < 4.78 is 0. The van der Waals surface area contributed by atoms with Crippen molar-refractivity contribution in [1.29, 1.82) is 0 Å². The fraction of sp³-hybridized carbons (Fsp3) is 0.700. The summed E-state index contributed by atoms with van der Waals surface area (Å²) in [7, 11) is 0. The SMILES string of the molecule is CC(=O)N1C(C(=O)[C@@H](CS)NN=O)CC[C@H]1C(=O)O. The van der Waals surface area contributed by atoms with Crippen LogP contribution in [0, 0.1) is 4.91 Å². The Labute approximate surface area is 114 Å². The van der Waals surface area contributed by atoms with Crippen LogP contribution in [0.4, 0.5) is 0 Å². The van der Waals surface area contributed by atoms with Gasteiger partial charge in [0.25, 0.3) is 0 Å². The zero-order chi connectivity index (χ0) is 14.6. The van der Waals surface area contributed by atoms with Gasteiger partial charge in [-0.2, -0.15) is 12.6 Å². The number of hydrogen-bond acceptors (Lipinski definition) is 6. The minimum absolute atomic E-state index is 0.0323. The summed E-state index contributed by atoms with van der Waals surface area (Å²) in [5.74, 6) is -2.05. The van der Waals surface area contributed by atoms with Crippen LogP contribution < -0.4 is 5.43 Å². The van der Waals surface area contributed by atoms with Crippen molar-refractivity contribution in [3.05, 3.63) is 4.91 Å². The molecule has 106 valence electrons. The first-order valence-corrected chi connectivity index (χ1v) is 6.31. The zero-order valence-corrected chi connectivity index (χ0v) is 11.2. The van der Waals surface area contributed by atoms with Crippen LogP contribution in [0.3, 0.4) is 0 Å². The molecule has 1 saturated heterocycles. The van der Waals surface area contributed by atoms with E-state index >= 15 is 0 Å². The van der Waals surface area contributed by atoms with Crippen molar-refractivity contribution < 1.29 is 19.5 Å². The van der Waals surface area contributed by atoms with Crippen LogP contribution in [-0.4, -0.2) is 51.5 Å². The lowest BCUT2D eigenvalue weighted by atomic mass is 10.0. The summed E-state index contributed by atoms with van der Waals surface area (Å²) >= 11 is 3.92. The van der Waals surface area contributed by atoms with Gasteiger partial charge in [0, 0.05) is 12.7 Å². The van der Waals surface area contributed by atoms with Gasteiger partial charge in [0.1, 0.15) is 12.1 Å². The average Bonchev–Trinajstić information content (AvgIpc) is 2.79. The standard InChI is InChI=1S/C10H15N3O5S/c1-5(14)13-7(2-3-8(13)10(16)17)9(15)6(4-19)11-12-18/h6-8,19H,2-4H2,1H3,(H,11,18)(H,16,17)/t6-,7?,8+/m1/s1. The summed E-state index contributed by atoms with van der Waals surface area (Å²) in [6, 6.07) is -2.79. The number of nitrogens with one attached hydrogen (secondary N) is 1. The Hall–Kier alpha value is -1.64. The third-order valence-electron chi connectivity index (χ3n) is 3.10. The first-order chi connectivity index (χ1) is 8.93. The number of carboxylic acids is 1. The van der Waals surface area contributed by atoms with Gasteiger partial charge >= 0.3 is 5.97 Å². The second-order valence-corrected chi connectivity index (χ2v) is 4.60. The Balaban J connectivity index is 2.92. The Morgan fingerprint density at radius 2 is 2.00 bits per heavy atom. The number of hydrogen-bond donors (Lipinski definition) is 3.